The van der Waals surface area contributed by atoms with Gasteiger partial charge in [-0.15, -0.1) is 0 Å². The Morgan fingerprint density at radius 1 is 1.30 bits per heavy atom. The largest absolute Gasteiger partial charge is 0.494 e. The second-order valence-corrected chi connectivity index (χ2v) is 6.10. The molecule has 20 heavy (non-hydrogen) atoms. The Labute approximate surface area is 119 Å². The monoisotopic (exact) mass is 279 g/mol. The first-order chi connectivity index (χ1) is 9.51. The molecule has 2 aliphatic rings. The van der Waals surface area contributed by atoms with Crippen molar-refractivity contribution in [2.75, 3.05) is 13.7 Å². The average Bonchev–Trinajstić information content (AvgIpc) is 2.62. The zero-order valence-corrected chi connectivity index (χ0v) is 12.1. The number of benzene rings is 1. The van der Waals surface area contributed by atoms with Crippen LogP contribution in [0.25, 0.3) is 0 Å². The summed E-state index contributed by atoms with van der Waals surface area (Å²) < 4.78 is 19.2. The Bertz CT molecular complexity index is 491. The molecule has 3 nitrogen and oxygen atoms in total. The van der Waals surface area contributed by atoms with E-state index in [1.54, 1.807) is 6.07 Å². The van der Waals surface area contributed by atoms with Crippen molar-refractivity contribution in [2.24, 2.45) is 0 Å². The van der Waals surface area contributed by atoms with Gasteiger partial charge >= 0.3 is 0 Å². The van der Waals surface area contributed by atoms with Crippen LogP contribution in [0.5, 0.6) is 5.75 Å². The normalized spacial score (nSPS) is 33.4. The fraction of sp³-hybridized carbons (Fsp3) is 0.625. The maximum absolute atomic E-state index is 13.8. The van der Waals surface area contributed by atoms with Crippen LogP contribution in [0.15, 0.2) is 18.2 Å². The third kappa shape index (κ3) is 2.31. The number of hydrogen-bond donors (Lipinski definition) is 1. The summed E-state index contributed by atoms with van der Waals surface area (Å²) in [4.78, 5) is 2.36. The van der Waals surface area contributed by atoms with Crippen LogP contribution in [-0.4, -0.2) is 35.7 Å². The van der Waals surface area contributed by atoms with E-state index in [1.165, 1.54) is 12.1 Å². The maximum atomic E-state index is 13.8. The molecule has 2 heterocycles. The van der Waals surface area contributed by atoms with Gasteiger partial charge in [-0.1, -0.05) is 0 Å². The Morgan fingerprint density at radius 3 is 2.55 bits per heavy atom. The molecule has 2 aliphatic heterocycles. The van der Waals surface area contributed by atoms with Gasteiger partial charge in [0.25, 0.3) is 0 Å². The lowest BCUT2D eigenvalue weighted by atomic mass is 9.80. The molecule has 4 heteroatoms. The minimum Gasteiger partial charge on any atom is -0.494 e. The van der Waals surface area contributed by atoms with Gasteiger partial charge in [0.2, 0.25) is 0 Å². The van der Waals surface area contributed by atoms with Crippen LogP contribution in [0.3, 0.4) is 0 Å². The highest BCUT2D eigenvalue weighted by atomic mass is 19.1. The highest BCUT2D eigenvalue weighted by molar-refractivity contribution is 5.34. The van der Waals surface area contributed by atoms with Gasteiger partial charge in [-0.3, -0.25) is 0 Å². The molecule has 0 aromatic heterocycles. The standard InChI is InChI=1S/C16H22FNO2/c1-3-20-15-7-11(6-12(17)8-15)16(19)9-13-4-5-14(10-16)18(13)2/h6-8,13-14,19H,3-5,9-10H2,1-2H3. The lowest BCUT2D eigenvalue weighted by Gasteiger charge is -2.42. The highest BCUT2D eigenvalue weighted by Gasteiger charge is 2.46. The van der Waals surface area contributed by atoms with Crippen LogP contribution in [0, 0.1) is 5.82 Å². The van der Waals surface area contributed by atoms with Gasteiger partial charge in [0.15, 0.2) is 0 Å². The molecular formula is C16H22FNO2. The third-order valence-electron chi connectivity index (χ3n) is 4.85. The van der Waals surface area contributed by atoms with E-state index in [0.29, 0.717) is 42.8 Å². The van der Waals surface area contributed by atoms with Crippen LogP contribution >= 0.6 is 0 Å². The van der Waals surface area contributed by atoms with Gasteiger partial charge in [0.05, 0.1) is 12.2 Å². The van der Waals surface area contributed by atoms with Crippen molar-refractivity contribution in [1.29, 1.82) is 0 Å². The third-order valence-corrected chi connectivity index (χ3v) is 4.85. The van der Waals surface area contributed by atoms with E-state index >= 15 is 0 Å². The molecule has 3 rings (SSSR count). The number of fused-ring (bicyclic) bond motifs is 2. The highest BCUT2D eigenvalue weighted by Crippen LogP contribution is 2.45. The quantitative estimate of drug-likeness (QED) is 0.923. The maximum Gasteiger partial charge on any atom is 0.127 e. The summed E-state index contributed by atoms with van der Waals surface area (Å²) in [6.07, 6.45) is 3.60. The molecule has 1 N–H and O–H groups in total. The van der Waals surface area contributed by atoms with Gasteiger partial charge in [-0.25, -0.2) is 4.39 Å². The van der Waals surface area contributed by atoms with Gasteiger partial charge in [0, 0.05) is 18.2 Å². The molecule has 0 spiro atoms. The number of rotatable bonds is 3. The van der Waals surface area contributed by atoms with Crippen LogP contribution in [0.1, 0.15) is 38.2 Å². The van der Waals surface area contributed by atoms with E-state index in [9.17, 15) is 9.50 Å². The van der Waals surface area contributed by atoms with Crippen LogP contribution < -0.4 is 4.74 Å². The smallest absolute Gasteiger partial charge is 0.127 e. The van der Waals surface area contributed by atoms with Crippen molar-refractivity contribution < 1.29 is 14.2 Å². The zero-order chi connectivity index (χ0) is 14.3. The van der Waals surface area contributed by atoms with Crippen molar-refractivity contribution in [3.05, 3.63) is 29.6 Å². The molecule has 0 radical (unpaired) electrons. The molecule has 110 valence electrons. The molecule has 0 aliphatic carbocycles. The molecular weight excluding hydrogens is 257 g/mol. The number of piperidine rings is 1. The van der Waals surface area contributed by atoms with E-state index < -0.39 is 5.60 Å². The van der Waals surface area contributed by atoms with Crippen molar-refractivity contribution in [2.45, 2.75) is 50.3 Å². The van der Waals surface area contributed by atoms with Crippen LogP contribution in [0.4, 0.5) is 4.39 Å². The van der Waals surface area contributed by atoms with Gasteiger partial charge in [-0.2, -0.15) is 0 Å². The Morgan fingerprint density at radius 2 is 1.95 bits per heavy atom. The molecule has 2 saturated heterocycles. The number of hydrogen-bond acceptors (Lipinski definition) is 3. The van der Waals surface area contributed by atoms with Crippen molar-refractivity contribution in [3.8, 4) is 5.75 Å². The molecule has 1 aromatic carbocycles. The summed E-state index contributed by atoms with van der Waals surface area (Å²) in [6.45, 7) is 2.37. The Kier molecular flexibility index (Phi) is 3.46. The van der Waals surface area contributed by atoms with Gasteiger partial charge in [-0.05, 0) is 57.4 Å². The summed E-state index contributed by atoms with van der Waals surface area (Å²) >= 11 is 0. The zero-order valence-electron chi connectivity index (χ0n) is 12.1. The first-order valence-electron chi connectivity index (χ1n) is 7.40. The van der Waals surface area contributed by atoms with E-state index in [2.05, 4.69) is 11.9 Å². The SMILES string of the molecule is CCOc1cc(F)cc(C2(O)CC3CCC(C2)N3C)c1. The molecule has 1 aromatic rings. The fourth-order valence-electron chi connectivity index (χ4n) is 3.76. The van der Waals surface area contributed by atoms with Crippen molar-refractivity contribution in [1.82, 2.24) is 4.90 Å². The number of ether oxygens (including phenoxy) is 1. The van der Waals surface area contributed by atoms with Crippen molar-refractivity contribution >= 4 is 0 Å². The summed E-state index contributed by atoms with van der Waals surface area (Å²) in [5.41, 5.74) is -0.266. The first-order valence-corrected chi connectivity index (χ1v) is 7.40. The Hall–Kier alpha value is -1.13. The molecule has 0 saturated carbocycles. The average molecular weight is 279 g/mol. The summed E-state index contributed by atoms with van der Waals surface area (Å²) in [7, 11) is 2.12. The summed E-state index contributed by atoms with van der Waals surface area (Å²) in [5, 5.41) is 11.0. The second-order valence-electron chi connectivity index (χ2n) is 6.10. The molecule has 2 unspecified atom stereocenters. The predicted molar refractivity (Wildman–Crippen MR) is 75.3 cm³/mol. The van der Waals surface area contributed by atoms with Gasteiger partial charge in [0.1, 0.15) is 11.6 Å². The van der Waals surface area contributed by atoms with Crippen LogP contribution in [0.2, 0.25) is 0 Å². The number of nitrogens with zero attached hydrogens (tertiary/aromatic N) is 1. The van der Waals surface area contributed by atoms with Gasteiger partial charge < -0.3 is 14.7 Å². The minimum atomic E-state index is -0.924. The van der Waals surface area contributed by atoms with E-state index in [4.69, 9.17) is 4.74 Å². The fourth-order valence-corrected chi connectivity index (χ4v) is 3.76. The molecule has 0 amide bonds. The topological polar surface area (TPSA) is 32.7 Å². The lowest BCUT2D eigenvalue weighted by Crippen LogP contribution is -2.47. The summed E-state index contributed by atoms with van der Waals surface area (Å²) in [5.74, 6) is 0.160. The van der Waals surface area contributed by atoms with E-state index in [1.807, 2.05) is 6.92 Å². The second kappa shape index (κ2) is 5.01. The van der Waals surface area contributed by atoms with Crippen molar-refractivity contribution in [3.63, 3.8) is 0 Å². The number of aliphatic hydroxyl groups is 1. The molecule has 2 fully saturated rings. The molecule has 2 atom stereocenters. The van der Waals surface area contributed by atoms with E-state index in [-0.39, 0.29) is 5.82 Å². The van der Waals surface area contributed by atoms with E-state index in [0.717, 1.165) is 12.8 Å². The number of halogens is 1. The van der Waals surface area contributed by atoms with Crippen LogP contribution in [-0.2, 0) is 5.60 Å². The molecule has 2 bridgehead atoms. The predicted octanol–water partition coefficient (Wildman–Crippen LogP) is 2.67. The first kappa shape index (κ1) is 13.8. The lowest BCUT2D eigenvalue weighted by molar-refractivity contribution is -0.0496. The Balaban J connectivity index is 1.92. The summed E-state index contributed by atoms with van der Waals surface area (Å²) in [6, 6.07) is 5.42. The minimum absolute atomic E-state index is 0.342.